The van der Waals surface area contributed by atoms with Crippen LogP contribution in [-0.4, -0.2) is 15.9 Å². The van der Waals surface area contributed by atoms with Gasteiger partial charge in [0.15, 0.2) is 0 Å². The Bertz CT molecular complexity index is 363. The van der Waals surface area contributed by atoms with Crippen LogP contribution in [0, 0.1) is 0 Å². The van der Waals surface area contributed by atoms with E-state index in [1.54, 1.807) is 12.3 Å². The number of oxime groups is 1. The maximum Gasteiger partial charge on any atom is 0.0886 e. The minimum absolute atomic E-state index is 0.585. The van der Waals surface area contributed by atoms with Crippen LogP contribution in [-0.2, 0) is 6.42 Å². The second-order valence-corrected chi connectivity index (χ2v) is 3.48. The molecule has 0 atom stereocenters. The number of rotatable bonds is 0. The quantitative estimate of drug-likeness (QED) is 0.511. The molecule has 1 aromatic rings. The van der Waals surface area contributed by atoms with Crippen molar-refractivity contribution < 1.29 is 5.21 Å². The molecule has 0 aromatic carbocycles. The first-order valence-corrected chi connectivity index (χ1v) is 4.55. The maximum absolute atomic E-state index is 8.75. The van der Waals surface area contributed by atoms with E-state index in [9.17, 15) is 0 Å². The molecular formula is C9H9ClN2O. The van der Waals surface area contributed by atoms with Crippen LogP contribution < -0.4 is 0 Å². The number of halogens is 1. The highest BCUT2D eigenvalue weighted by Gasteiger charge is 2.17. The zero-order chi connectivity index (χ0) is 9.26. The van der Waals surface area contributed by atoms with Crippen molar-refractivity contribution in [3.05, 3.63) is 28.5 Å². The number of nitrogens with zero attached hydrogens (tertiary/aromatic N) is 2. The molecule has 1 aromatic heterocycles. The lowest BCUT2D eigenvalue weighted by Gasteiger charge is -2.15. The van der Waals surface area contributed by atoms with E-state index in [0.29, 0.717) is 10.7 Å². The van der Waals surface area contributed by atoms with Gasteiger partial charge in [-0.25, -0.2) is 0 Å². The van der Waals surface area contributed by atoms with Crippen LogP contribution in [0.15, 0.2) is 17.4 Å². The van der Waals surface area contributed by atoms with Crippen LogP contribution in [0.25, 0.3) is 0 Å². The van der Waals surface area contributed by atoms with E-state index < -0.39 is 0 Å². The van der Waals surface area contributed by atoms with Crippen LogP contribution in [0.4, 0.5) is 0 Å². The Morgan fingerprint density at radius 3 is 3.08 bits per heavy atom. The Hall–Kier alpha value is -1.09. The zero-order valence-corrected chi connectivity index (χ0v) is 7.75. The van der Waals surface area contributed by atoms with Crippen LogP contribution >= 0.6 is 11.6 Å². The molecule has 4 heteroatoms. The number of aromatic nitrogens is 1. The van der Waals surface area contributed by atoms with Gasteiger partial charge in [-0.05, 0) is 25.3 Å². The molecule has 0 aliphatic heterocycles. The smallest absolute Gasteiger partial charge is 0.0886 e. The van der Waals surface area contributed by atoms with Crippen molar-refractivity contribution in [3.63, 3.8) is 0 Å². The van der Waals surface area contributed by atoms with Crippen LogP contribution in [0.3, 0.4) is 0 Å². The number of hydrogen-bond donors (Lipinski definition) is 1. The van der Waals surface area contributed by atoms with Crippen LogP contribution in [0.5, 0.6) is 0 Å². The Labute approximate surface area is 81.1 Å². The number of aryl methyl sites for hydroxylation is 1. The van der Waals surface area contributed by atoms with Crippen LogP contribution in [0.1, 0.15) is 24.1 Å². The standard InChI is InChI=1S/C9H9ClN2O/c10-6-4-7-8(11-5-6)2-1-3-9(7)12-13/h4-5,13H,1-3H2/b12-9-. The van der Waals surface area contributed by atoms with Crippen molar-refractivity contribution in [2.45, 2.75) is 19.3 Å². The van der Waals surface area contributed by atoms with Crippen molar-refractivity contribution >= 4 is 17.3 Å². The van der Waals surface area contributed by atoms with Crippen molar-refractivity contribution in [3.8, 4) is 0 Å². The molecule has 68 valence electrons. The summed E-state index contributed by atoms with van der Waals surface area (Å²) in [5.74, 6) is 0. The molecule has 1 heterocycles. The zero-order valence-electron chi connectivity index (χ0n) is 7.00. The van der Waals surface area contributed by atoms with Gasteiger partial charge in [0.25, 0.3) is 0 Å². The lowest BCUT2D eigenvalue weighted by atomic mass is 9.94. The topological polar surface area (TPSA) is 45.5 Å². The van der Waals surface area contributed by atoms with E-state index in [1.807, 2.05) is 0 Å². The van der Waals surface area contributed by atoms with Gasteiger partial charge in [-0.15, -0.1) is 0 Å². The predicted octanol–water partition coefficient (Wildman–Crippen LogP) is 2.25. The predicted molar refractivity (Wildman–Crippen MR) is 50.5 cm³/mol. The average molecular weight is 197 g/mol. The Balaban J connectivity index is 2.54. The summed E-state index contributed by atoms with van der Waals surface area (Å²) in [5, 5.41) is 12.6. The molecule has 0 unspecified atom stereocenters. The van der Waals surface area contributed by atoms with E-state index in [4.69, 9.17) is 16.8 Å². The first kappa shape index (κ1) is 8.51. The summed E-state index contributed by atoms with van der Waals surface area (Å²) >= 11 is 5.80. The third-order valence-electron chi connectivity index (χ3n) is 2.20. The van der Waals surface area contributed by atoms with Crippen molar-refractivity contribution in [1.82, 2.24) is 4.98 Å². The van der Waals surface area contributed by atoms with Gasteiger partial charge in [-0.1, -0.05) is 16.8 Å². The summed E-state index contributed by atoms with van der Waals surface area (Å²) in [6.07, 6.45) is 4.35. The van der Waals surface area contributed by atoms with Gasteiger partial charge in [-0.3, -0.25) is 4.98 Å². The molecule has 2 rings (SSSR count). The third-order valence-corrected chi connectivity index (χ3v) is 2.40. The normalized spacial score (nSPS) is 18.7. The summed E-state index contributed by atoms with van der Waals surface area (Å²) in [4.78, 5) is 4.19. The highest BCUT2D eigenvalue weighted by atomic mass is 35.5. The first-order chi connectivity index (χ1) is 6.31. The van der Waals surface area contributed by atoms with E-state index in [0.717, 1.165) is 30.5 Å². The number of hydrogen-bond acceptors (Lipinski definition) is 3. The molecule has 1 N–H and O–H groups in total. The van der Waals surface area contributed by atoms with Crippen molar-refractivity contribution in [2.75, 3.05) is 0 Å². The Kier molecular flexibility index (Phi) is 2.19. The fourth-order valence-electron chi connectivity index (χ4n) is 1.58. The lowest BCUT2D eigenvalue weighted by molar-refractivity contribution is 0.317. The molecule has 0 saturated carbocycles. The largest absolute Gasteiger partial charge is 0.411 e. The number of fused-ring (bicyclic) bond motifs is 1. The average Bonchev–Trinajstić information content (AvgIpc) is 2.17. The molecule has 0 bridgehead atoms. The van der Waals surface area contributed by atoms with Crippen LogP contribution in [0.2, 0.25) is 5.02 Å². The molecule has 1 aliphatic rings. The van der Waals surface area contributed by atoms with E-state index >= 15 is 0 Å². The summed E-state index contributed by atoms with van der Waals surface area (Å²) in [6.45, 7) is 0. The molecule has 0 radical (unpaired) electrons. The third kappa shape index (κ3) is 1.52. The summed E-state index contributed by atoms with van der Waals surface area (Å²) in [7, 11) is 0. The fraction of sp³-hybridized carbons (Fsp3) is 0.333. The molecule has 0 saturated heterocycles. The highest BCUT2D eigenvalue weighted by Crippen LogP contribution is 2.22. The molecule has 0 fully saturated rings. The Morgan fingerprint density at radius 2 is 2.31 bits per heavy atom. The SMILES string of the molecule is O/N=C1/CCCc2ncc(Cl)cc21. The monoisotopic (exact) mass is 196 g/mol. The van der Waals surface area contributed by atoms with Gasteiger partial charge in [0.1, 0.15) is 0 Å². The van der Waals surface area contributed by atoms with Gasteiger partial charge in [0, 0.05) is 17.5 Å². The minimum Gasteiger partial charge on any atom is -0.411 e. The van der Waals surface area contributed by atoms with E-state index in [1.165, 1.54) is 0 Å². The summed E-state index contributed by atoms with van der Waals surface area (Å²) in [5.41, 5.74) is 2.56. The molecule has 0 amide bonds. The Morgan fingerprint density at radius 1 is 1.46 bits per heavy atom. The lowest BCUT2D eigenvalue weighted by Crippen LogP contribution is -2.13. The van der Waals surface area contributed by atoms with Crippen molar-refractivity contribution in [1.29, 1.82) is 0 Å². The molecule has 0 spiro atoms. The van der Waals surface area contributed by atoms with E-state index in [2.05, 4.69) is 10.1 Å². The molecular weight excluding hydrogens is 188 g/mol. The molecule has 1 aliphatic carbocycles. The molecule has 3 nitrogen and oxygen atoms in total. The second-order valence-electron chi connectivity index (χ2n) is 3.05. The van der Waals surface area contributed by atoms with Gasteiger partial charge < -0.3 is 5.21 Å². The first-order valence-electron chi connectivity index (χ1n) is 4.17. The van der Waals surface area contributed by atoms with Gasteiger partial charge >= 0.3 is 0 Å². The summed E-state index contributed by atoms with van der Waals surface area (Å²) in [6, 6.07) is 1.80. The van der Waals surface area contributed by atoms with Gasteiger partial charge in [0.2, 0.25) is 0 Å². The summed E-state index contributed by atoms with van der Waals surface area (Å²) < 4.78 is 0. The highest BCUT2D eigenvalue weighted by molar-refractivity contribution is 6.30. The van der Waals surface area contributed by atoms with Crippen molar-refractivity contribution in [2.24, 2.45) is 5.16 Å². The molecule has 13 heavy (non-hydrogen) atoms. The van der Waals surface area contributed by atoms with Gasteiger partial charge in [-0.2, -0.15) is 0 Å². The second kappa shape index (κ2) is 3.34. The minimum atomic E-state index is 0.585. The fourth-order valence-corrected chi connectivity index (χ4v) is 1.74. The number of pyridine rings is 1. The van der Waals surface area contributed by atoms with E-state index in [-0.39, 0.29) is 0 Å². The maximum atomic E-state index is 8.75. The van der Waals surface area contributed by atoms with Gasteiger partial charge in [0.05, 0.1) is 10.7 Å².